The van der Waals surface area contributed by atoms with Gasteiger partial charge in [-0.2, -0.15) is 0 Å². The minimum Gasteiger partial charge on any atom is -0.481 e. The first-order valence-electron chi connectivity index (χ1n) is 15.3. The van der Waals surface area contributed by atoms with E-state index in [0.717, 1.165) is 70.6 Å². The number of rotatable bonds is 9. The predicted octanol–water partition coefficient (Wildman–Crippen LogP) is 3.76. The van der Waals surface area contributed by atoms with Crippen LogP contribution in [0, 0.1) is 45.6 Å². The van der Waals surface area contributed by atoms with Gasteiger partial charge in [0, 0.05) is 29.8 Å². The smallest absolute Gasteiger partial charge is 0.307 e. The first-order chi connectivity index (χ1) is 19.1. The standard InChI is InChI=1S/C29H45N3O8/c33-26(22-3-1-2-4-23(22)28(35)36)30-19-9-5-17(6-10-19)15-18-7-11-20(12-8-18)31-27(34)25-16-21(32(39)40)13-14-24(25)29(37)38/h17-25H,1-16H2,(H,30,33)(H,31,34)(H,35,36)(H,37,38). The molecule has 4 aliphatic rings. The molecule has 4 rings (SSSR count). The third-order valence-electron chi connectivity index (χ3n) is 10.2. The summed E-state index contributed by atoms with van der Waals surface area (Å²) < 4.78 is 0. The van der Waals surface area contributed by atoms with Gasteiger partial charge in [-0.3, -0.25) is 29.3 Å². The molecule has 0 aromatic heterocycles. The van der Waals surface area contributed by atoms with E-state index in [1.165, 1.54) is 0 Å². The van der Waals surface area contributed by atoms with Gasteiger partial charge in [-0.1, -0.05) is 12.8 Å². The summed E-state index contributed by atoms with van der Waals surface area (Å²) in [6.45, 7) is 0. The van der Waals surface area contributed by atoms with E-state index in [0.29, 0.717) is 24.7 Å². The third-order valence-corrected chi connectivity index (χ3v) is 10.2. The molecule has 2 amide bonds. The summed E-state index contributed by atoms with van der Waals surface area (Å²) in [5, 5.41) is 36.4. The van der Waals surface area contributed by atoms with Crippen LogP contribution >= 0.6 is 0 Å². The van der Waals surface area contributed by atoms with Crippen LogP contribution in [0.25, 0.3) is 0 Å². The maximum Gasteiger partial charge on any atom is 0.307 e. The van der Waals surface area contributed by atoms with Gasteiger partial charge in [-0.25, -0.2) is 0 Å². The molecule has 0 heterocycles. The monoisotopic (exact) mass is 563 g/mol. The first-order valence-corrected chi connectivity index (χ1v) is 15.3. The van der Waals surface area contributed by atoms with E-state index in [1.807, 2.05) is 0 Å². The fraction of sp³-hybridized carbons (Fsp3) is 0.862. The van der Waals surface area contributed by atoms with E-state index in [-0.39, 0.29) is 43.2 Å². The topological polar surface area (TPSA) is 176 Å². The summed E-state index contributed by atoms with van der Waals surface area (Å²) in [7, 11) is 0. The van der Waals surface area contributed by atoms with Crippen molar-refractivity contribution < 1.29 is 34.3 Å². The molecule has 11 heteroatoms. The molecule has 4 N–H and O–H groups in total. The van der Waals surface area contributed by atoms with Gasteiger partial charge in [0.25, 0.3) is 0 Å². The Bertz CT molecular complexity index is 942. The van der Waals surface area contributed by atoms with Crippen molar-refractivity contribution in [3.05, 3.63) is 10.1 Å². The average molecular weight is 564 g/mol. The van der Waals surface area contributed by atoms with Crippen molar-refractivity contribution in [3.63, 3.8) is 0 Å². The molecule has 0 aromatic carbocycles. The van der Waals surface area contributed by atoms with Crippen LogP contribution in [0.1, 0.15) is 103 Å². The van der Waals surface area contributed by atoms with Crippen molar-refractivity contribution in [2.75, 3.05) is 0 Å². The molecule has 4 fully saturated rings. The largest absolute Gasteiger partial charge is 0.481 e. The van der Waals surface area contributed by atoms with Crippen LogP contribution in [0.5, 0.6) is 0 Å². The highest BCUT2D eigenvalue weighted by atomic mass is 16.6. The quantitative estimate of drug-likeness (QED) is 0.242. The van der Waals surface area contributed by atoms with E-state index in [1.54, 1.807) is 0 Å². The number of amides is 2. The lowest BCUT2D eigenvalue weighted by atomic mass is 9.74. The number of nitrogens with zero attached hydrogens (tertiary/aromatic N) is 1. The molecular formula is C29H45N3O8. The molecule has 40 heavy (non-hydrogen) atoms. The van der Waals surface area contributed by atoms with E-state index >= 15 is 0 Å². The number of carbonyl (C=O) groups is 4. The predicted molar refractivity (Wildman–Crippen MR) is 145 cm³/mol. The average Bonchev–Trinajstić information content (AvgIpc) is 2.94. The molecule has 224 valence electrons. The van der Waals surface area contributed by atoms with Gasteiger partial charge >= 0.3 is 11.9 Å². The molecular weight excluding hydrogens is 518 g/mol. The maximum absolute atomic E-state index is 13.0. The molecule has 5 unspecified atom stereocenters. The molecule has 0 spiro atoms. The fourth-order valence-corrected chi connectivity index (χ4v) is 7.84. The van der Waals surface area contributed by atoms with Gasteiger partial charge in [0.2, 0.25) is 17.9 Å². The van der Waals surface area contributed by atoms with E-state index < -0.39 is 46.6 Å². The summed E-state index contributed by atoms with van der Waals surface area (Å²) in [4.78, 5) is 59.8. The van der Waals surface area contributed by atoms with Crippen molar-refractivity contribution in [2.24, 2.45) is 35.5 Å². The molecule has 0 bridgehead atoms. The first kappa shape index (κ1) is 30.2. The number of carboxylic acids is 2. The van der Waals surface area contributed by atoms with Gasteiger partial charge in [-0.15, -0.1) is 0 Å². The van der Waals surface area contributed by atoms with Gasteiger partial charge in [0.1, 0.15) is 0 Å². The maximum atomic E-state index is 13.0. The van der Waals surface area contributed by atoms with Crippen LogP contribution in [-0.4, -0.2) is 57.0 Å². The Hall–Kier alpha value is -2.72. The second kappa shape index (κ2) is 13.8. The lowest BCUT2D eigenvalue weighted by molar-refractivity contribution is -0.528. The molecule has 4 aliphatic carbocycles. The number of nitro groups is 1. The summed E-state index contributed by atoms with van der Waals surface area (Å²) in [5.41, 5.74) is 0. The lowest BCUT2D eigenvalue weighted by Gasteiger charge is -2.36. The zero-order chi connectivity index (χ0) is 28.8. The third kappa shape index (κ3) is 7.72. The summed E-state index contributed by atoms with van der Waals surface area (Å²) in [6.07, 6.45) is 12.0. The van der Waals surface area contributed by atoms with Crippen LogP contribution in [0.3, 0.4) is 0 Å². The number of carbonyl (C=O) groups excluding carboxylic acids is 2. The van der Waals surface area contributed by atoms with Gasteiger partial charge in [0.15, 0.2) is 0 Å². The van der Waals surface area contributed by atoms with Crippen molar-refractivity contribution in [3.8, 4) is 0 Å². The lowest BCUT2D eigenvalue weighted by Crippen LogP contribution is -2.48. The zero-order valence-electron chi connectivity index (χ0n) is 23.3. The van der Waals surface area contributed by atoms with E-state index in [4.69, 9.17) is 0 Å². The second-order valence-corrected chi connectivity index (χ2v) is 12.8. The number of hydrogen-bond acceptors (Lipinski definition) is 6. The minimum absolute atomic E-state index is 0.0188. The summed E-state index contributed by atoms with van der Waals surface area (Å²) in [5.74, 6) is -3.90. The highest BCUT2D eigenvalue weighted by Gasteiger charge is 2.44. The Labute approximate surface area is 235 Å². The Morgan fingerprint density at radius 2 is 1.07 bits per heavy atom. The van der Waals surface area contributed by atoms with Gasteiger partial charge in [0.05, 0.1) is 23.7 Å². The normalized spacial score (nSPS) is 36.6. The van der Waals surface area contributed by atoms with E-state index in [9.17, 15) is 39.5 Å². The van der Waals surface area contributed by atoms with Crippen molar-refractivity contribution in [1.29, 1.82) is 0 Å². The van der Waals surface area contributed by atoms with Crippen LogP contribution in [-0.2, 0) is 19.2 Å². The van der Waals surface area contributed by atoms with Crippen LogP contribution in [0.2, 0.25) is 0 Å². The molecule has 5 atom stereocenters. The van der Waals surface area contributed by atoms with Crippen molar-refractivity contribution in [1.82, 2.24) is 10.6 Å². The fourth-order valence-electron chi connectivity index (χ4n) is 7.84. The van der Waals surface area contributed by atoms with Crippen molar-refractivity contribution >= 4 is 23.8 Å². The molecule has 0 aliphatic heterocycles. The van der Waals surface area contributed by atoms with E-state index in [2.05, 4.69) is 10.6 Å². The molecule has 0 radical (unpaired) electrons. The molecule has 0 saturated heterocycles. The number of nitrogens with one attached hydrogen (secondary N) is 2. The molecule has 4 saturated carbocycles. The highest BCUT2D eigenvalue weighted by molar-refractivity contribution is 5.85. The Morgan fingerprint density at radius 1 is 0.625 bits per heavy atom. The Balaban J connectivity index is 1.16. The number of aliphatic carboxylic acids is 2. The SMILES string of the molecule is O=C(O)C1CCCCC1C(=O)NC1CCC(CC2CCC(NC(=O)C3CC([N+](=O)[O-])CCC3C(=O)O)CC2)CC1. The summed E-state index contributed by atoms with van der Waals surface area (Å²) >= 11 is 0. The van der Waals surface area contributed by atoms with Gasteiger partial charge < -0.3 is 20.8 Å². The minimum atomic E-state index is -1.06. The molecule has 11 nitrogen and oxygen atoms in total. The van der Waals surface area contributed by atoms with Crippen LogP contribution in [0.15, 0.2) is 0 Å². The van der Waals surface area contributed by atoms with Gasteiger partial charge in [-0.05, 0) is 88.9 Å². The van der Waals surface area contributed by atoms with Crippen LogP contribution in [0.4, 0.5) is 0 Å². The Kier molecular flexibility index (Phi) is 10.4. The van der Waals surface area contributed by atoms with Crippen molar-refractivity contribution in [2.45, 2.75) is 121 Å². The zero-order valence-corrected chi connectivity index (χ0v) is 23.3. The number of hydrogen-bond donors (Lipinski definition) is 4. The second-order valence-electron chi connectivity index (χ2n) is 12.8. The summed E-state index contributed by atoms with van der Waals surface area (Å²) in [6, 6.07) is -0.760. The Morgan fingerprint density at radius 3 is 1.55 bits per heavy atom. The number of carboxylic acid groups (broad SMARTS) is 2. The molecule has 0 aromatic rings. The van der Waals surface area contributed by atoms with Crippen LogP contribution < -0.4 is 10.6 Å². The highest BCUT2D eigenvalue weighted by Crippen LogP contribution is 2.37.